The van der Waals surface area contributed by atoms with Crippen molar-refractivity contribution < 1.29 is 35.9 Å². The van der Waals surface area contributed by atoms with Crippen LogP contribution in [0.4, 0.5) is 13.2 Å². The fraction of sp³-hybridized carbons (Fsp3) is 0.400. The maximum Gasteiger partial charge on any atom is 0.573 e. The highest BCUT2D eigenvalue weighted by Crippen LogP contribution is 2.32. The van der Waals surface area contributed by atoms with E-state index < -0.39 is 22.3 Å². The van der Waals surface area contributed by atoms with Crippen LogP contribution in [0, 0.1) is 0 Å². The van der Waals surface area contributed by atoms with Gasteiger partial charge < -0.3 is 14.3 Å². The molecule has 1 fully saturated rings. The van der Waals surface area contributed by atoms with E-state index in [-0.39, 0.29) is 28.3 Å². The van der Waals surface area contributed by atoms with Crippen molar-refractivity contribution >= 4 is 15.7 Å². The lowest BCUT2D eigenvalue weighted by Gasteiger charge is -2.11. The highest BCUT2D eigenvalue weighted by atomic mass is 32.2. The first-order valence-corrected chi connectivity index (χ1v) is 11.2. The first kappa shape index (κ1) is 21.4. The maximum atomic E-state index is 12.6. The van der Waals surface area contributed by atoms with Gasteiger partial charge in [-0.05, 0) is 42.7 Å². The number of halogens is 3. The van der Waals surface area contributed by atoms with Crippen LogP contribution in [-0.2, 0) is 14.7 Å². The van der Waals surface area contributed by atoms with Crippen molar-refractivity contribution in [1.82, 2.24) is 4.98 Å². The molecular formula is C20H19F3N2O5S. The van der Waals surface area contributed by atoms with Crippen molar-refractivity contribution in [1.29, 1.82) is 0 Å². The smallest absolute Gasteiger partial charge is 0.438 e. The molecule has 2 heterocycles. The molecule has 2 aromatic rings. The summed E-state index contributed by atoms with van der Waals surface area (Å²) in [4.78, 5) is 9.33. The topological polar surface area (TPSA) is 87.1 Å². The molecule has 2 aliphatic rings. The van der Waals surface area contributed by atoms with Gasteiger partial charge in [0.15, 0.2) is 21.0 Å². The molecule has 0 saturated heterocycles. The molecule has 0 unspecified atom stereocenters. The monoisotopic (exact) mass is 456 g/mol. The third kappa shape index (κ3) is 5.09. The zero-order valence-electron chi connectivity index (χ0n) is 16.2. The Morgan fingerprint density at radius 3 is 2.29 bits per heavy atom. The second-order valence-corrected chi connectivity index (χ2v) is 9.46. The second kappa shape index (κ2) is 8.37. The number of benzene rings is 1. The summed E-state index contributed by atoms with van der Waals surface area (Å²) in [5, 5.41) is 3.48. The molecular weight excluding hydrogens is 437 g/mol. The third-order valence-corrected chi connectivity index (χ3v) is 7.28. The summed E-state index contributed by atoms with van der Waals surface area (Å²) in [7, 11) is -3.44. The second-order valence-electron chi connectivity index (χ2n) is 7.29. The molecule has 1 atom stereocenters. The molecule has 0 radical (unpaired) electrons. The lowest BCUT2D eigenvalue weighted by atomic mass is 10.1. The van der Waals surface area contributed by atoms with Crippen molar-refractivity contribution in [2.24, 2.45) is 5.16 Å². The van der Waals surface area contributed by atoms with E-state index in [4.69, 9.17) is 9.57 Å². The average molecular weight is 456 g/mol. The van der Waals surface area contributed by atoms with Gasteiger partial charge in [-0.1, -0.05) is 30.1 Å². The molecule has 166 valence electrons. The molecule has 0 spiro atoms. The first-order valence-electron chi connectivity index (χ1n) is 9.67. The number of pyridine rings is 1. The summed E-state index contributed by atoms with van der Waals surface area (Å²) < 4.78 is 71.3. The molecule has 4 rings (SSSR count). The van der Waals surface area contributed by atoms with Crippen LogP contribution in [0.25, 0.3) is 0 Å². The largest absolute Gasteiger partial charge is 0.573 e. The van der Waals surface area contributed by atoms with E-state index in [9.17, 15) is 21.6 Å². The Morgan fingerprint density at radius 2 is 1.68 bits per heavy atom. The number of ether oxygens (including phenoxy) is 2. The summed E-state index contributed by atoms with van der Waals surface area (Å²) in [5.41, 5.74) is 0.605. The van der Waals surface area contributed by atoms with Crippen LogP contribution in [0.3, 0.4) is 0 Å². The molecule has 31 heavy (non-hydrogen) atoms. The molecule has 1 aliphatic heterocycles. The van der Waals surface area contributed by atoms with Gasteiger partial charge in [0.05, 0.1) is 17.9 Å². The Morgan fingerprint density at radius 1 is 1.00 bits per heavy atom. The quantitative estimate of drug-likeness (QED) is 0.656. The fourth-order valence-corrected chi connectivity index (χ4v) is 5.33. The predicted octanol–water partition coefficient (Wildman–Crippen LogP) is 4.55. The van der Waals surface area contributed by atoms with E-state index in [1.54, 1.807) is 0 Å². The van der Waals surface area contributed by atoms with Gasteiger partial charge in [0, 0.05) is 0 Å². The van der Waals surface area contributed by atoms with Gasteiger partial charge in [-0.3, -0.25) is 0 Å². The van der Waals surface area contributed by atoms with Crippen LogP contribution >= 0.6 is 0 Å². The van der Waals surface area contributed by atoms with Crippen molar-refractivity contribution in [2.45, 2.75) is 54.8 Å². The number of oxime groups is 1. The molecule has 1 saturated carbocycles. The minimum atomic E-state index is -4.75. The highest BCUT2D eigenvalue weighted by molar-refractivity contribution is 7.92. The molecule has 1 aliphatic carbocycles. The van der Waals surface area contributed by atoms with Crippen molar-refractivity contribution in [2.75, 3.05) is 0 Å². The molecule has 0 bridgehead atoms. The summed E-state index contributed by atoms with van der Waals surface area (Å²) in [6, 6.07) is 8.21. The molecule has 11 heteroatoms. The molecule has 0 amide bonds. The Kier molecular flexibility index (Phi) is 5.78. The fourth-order valence-electron chi connectivity index (χ4n) is 3.58. The summed E-state index contributed by atoms with van der Waals surface area (Å²) in [6.45, 7) is 0. The molecule has 1 aromatic carbocycles. The third-order valence-electron chi connectivity index (χ3n) is 5.10. The van der Waals surface area contributed by atoms with E-state index in [1.165, 1.54) is 42.6 Å². The van der Waals surface area contributed by atoms with Crippen LogP contribution in [-0.4, -0.2) is 30.9 Å². The predicted molar refractivity (Wildman–Crippen MR) is 103 cm³/mol. The van der Waals surface area contributed by atoms with Crippen molar-refractivity contribution in [3.63, 3.8) is 0 Å². The number of hydrogen-bond donors (Lipinski definition) is 0. The van der Waals surface area contributed by atoms with Gasteiger partial charge in [-0.2, -0.15) is 0 Å². The molecule has 1 aromatic heterocycles. The van der Waals surface area contributed by atoms with Gasteiger partial charge in [-0.25, -0.2) is 13.4 Å². The number of sulfone groups is 1. The van der Waals surface area contributed by atoms with Gasteiger partial charge in [0.1, 0.15) is 11.5 Å². The lowest BCUT2D eigenvalue weighted by Crippen LogP contribution is -2.19. The number of aromatic nitrogens is 1. The number of hydrogen-bond acceptors (Lipinski definition) is 7. The minimum absolute atomic E-state index is 0.0235. The standard InChI is InChI=1S/C20H19F3N2O5S/c21-20(22,23)29-14-7-5-13(6-8-14)17-11-18(25-30-17)28-15-9-10-19(24-12-15)31(26,27)16-3-1-2-4-16/h5-10,12,16-17H,1-4,11H2/t17-/m0/s1. The van der Waals surface area contributed by atoms with Gasteiger partial charge in [0.25, 0.3) is 0 Å². The molecule has 0 N–H and O–H groups in total. The van der Waals surface area contributed by atoms with Gasteiger partial charge in [-0.15, -0.1) is 13.2 Å². The van der Waals surface area contributed by atoms with Crippen LogP contribution in [0.1, 0.15) is 43.8 Å². The Bertz CT molecular complexity index is 1050. The van der Waals surface area contributed by atoms with E-state index in [0.717, 1.165) is 12.8 Å². The zero-order chi connectivity index (χ0) is 22.1. The van der Waals surface area contributed by atoms with E-state index in [0.29, 0.717) is 24.2 Å². The summed E-state index contributed by atoms with van der Waals surface area (Å²) in [5.74, 6) is 0.224. The van der Waals surface area contributed by atoms with Crippen molar-refractivity contribution in [3.05, 3.63) is 48.2 Å². The van der Waals surface area contributed by atoms with Gasteiger partial charge >= 0.3 is 6.36 Å². The van der Waals surface area contributed by atoms with Crippen LogP contribution < -0.4 is 9.47 Å². The summed E-state index contributed by atoms with van der Waals surface area (Å²) in [6.07, 6.45) is -0.584. The van der Waals surface area contributed by atoms with Crippen LogP contribution in [0.2, 0.25) is 0 Å². The SMILES string of the molecule is O=S(=O)(c1ccc(OC2=NO[C@H](c3ccc(OC(F)(F)F)cc3)C2)cn1)C1CCCC1. The summed E-state index contributed by atoms with van der Waals surface area (Å²) >= 11 is 0. The normalized spacial score (nSPS) is 19.7. The van der Waals surface area contributed by atoms with Crippen molar-refractivity contribution in [3.8, 4) is 11.5 Å². The van der Waals surface area contributed by atoms with E-state index in [1.807, 2.05) is 0 Å². The highest BCUT2D eigenvalue weighted by Gasteiger charge is 2.32. The van der Waals surface area contributed by atoms with Crippen LogP contribution in [0.5, 0.6) is 11.5 Å². The lowest BCUT2D eigenvalue weighted by molar-refractivity contribution is -0.274. The van der Waals surface area contributed by atoms with Gasteiger partial charge in [0.2, 0.25) is 5.90 Å². The molecule has 7 nitrogen and oxygen atoms in total. The number of nitrogens with zero attached hydrogens (tertiary/aromatic N) is 2. The Balaban J connectivity index is 1.35. The number of rotatable bonds is 5. The van der Waals surface area contributed by atoms with Crippen LogP contribution in [0.15, 0.2) is 52.8 Å². The number of alkyl halides is 3. The first-order chi connectivity index (χ1) is 14.7. The van der Waals surface area contributed by atoms with E-state index >= 15 is 0 Å². The zero-order valence-corrected chi connectivity index (χ0v) is 17.0. The minimum Gasteiger partial charge on any atom is -0.438 e. The average Bonchev–Trinajstić information content (AvgIpc) is 3.40. The Hall–Kier alpha value is -2.82. The Labute approximate surface area is 176 Å². The maximum absolute atomic E-state index is 12.6. The van der Waals surface area contributed by atoms with E-state index in [2.05, 4.69) is 14.9 Å².